The van der Waals surface area contributed by atoms with Gasteiger partial charge >= 0.3 is 12.1 Å². The van der Waals surface area contributed by atoms with E-state index in [1.54, 1.807) is 6.07 Å². The topological polar surface area (TPSA) is 69.3 Å². The van der Waals surface area contributed by atoms with Gasteiger partial charge in [-0.05, 0) is 57.3 Å². The average Bonchev–Trinajstić information content (AvgIpc) is 3.25. The fourth-order valence-electron chi connectivity index (χ4n) is 4.44. The molecule has 0 aromatic carbocycles. The van der Waals surface area contributed by atoms with Crippen LogP contribution in [0.3, 0.4) is 0 Å². The Bertz CT molecular complexity index is 770. The molecule has 1 aromatic rings. The maximum atomic E-state index is 13.8. The van der Waals surface area contributed by atoms with Crippen LogP contribution in [0.2, 0.25) is 0 Å². The molecule has 1 aromatic heterocycles. The Labute approximate surface area is 161 Å². The Hall–Kier alpha value is -1.87. The summed E-state index contributed by atoms with van der Waals surface area (Å²) in [6.45, 7) is 2.37. The highest BCUT2D eigenvalue weighted by Crippen LogP contribution is 2.48. The van der Waals surface area contributed by atoms with Gasteiger partial charge in [-0.2, -0.15) is 23.3 Å². The van der Waals surface area contributed by atoms with Gasteiger partial charge in [0.1, 0.15) is 5.76 Å². The number of amides is 1. The Balaban J connectivity index is 1.57. The van der Waals surface area contributed by atoms with E-state index in [2.05, 4.69) is 10.0 Å². The third-order valence-corrected chi connectivity index (χ3v) is 5.93. The molecule has 28 heavy (non-hydrogen) atoms. The van der Waals surface area contributed by atoms with E-state index in [0.717, 1.165) is 25.9 Å². The van der Waals surface area contributed by atoms with Crippen molar-refractivity contribution < 1.29 is 27.5 Å². The third kappa shape index (κ3) is 3.24. The molecule has 1 amide bonds. The van der Waals surface area contributed by atoms with Crippen molar-refractivity contribution in [2.75, 3.05) is 13.1 Å². The zero-order valence-corrected chi connectivity index (χ0v) is 15.5. The van der Waals surface area contributed by atoms with Crippen molar-refractivity contribution in [1.29, 1.82) is 0 Å². The van der Waals surface area contributed by atoms with Crippen molar-refractivity contribution in [3.8, 4) is 0 Å². The van der Waals surface area contributed by atoms with E-state index >= 15 is 0 Å². The number of carbonyl (C=O) groups excluding carboxylic acids is 1. The molecule has 0 radical (unpaired) electrons. The summed E-state index contributed by atoms with van der Waals surface area (Å²) in [4.78, 5) is 15.0. The maximum Gasteiger partial charge on any atom is 0.439 e. The fraction of sp³-hybridized carbons (Fsp3) is 0.684. The molecule has 154 valence electrons. The van der Waals surface area contributed by atoms with Gasteiger partial charge in [0.05, 0.1) is 12.5 Å². The predicted octanol–water partition coefficient (Wildman–Crippen LogP) is 3.52. The number of aliphatic hydroxyl groups is 1. The first kappa shape index (κ1) is 19.4. The van der Waals surface area contributed by atoms with Crippen LogP contribution in [0.1, 0.15) is 61.3 Å². The van der Waals surface area contributed by atoms with Crippen LogP contribution in [0.4, 0.5) is 13.2 Å². The van der Waals surface area contributed by atoms with Crippen LogP contribution in [0.25, 0.3) is 0 Å². The fourth-order valence-corrected chi connectivity index (χ4v) is 4.44. The van der Waals surface area contributed by atoms with Gasteiger partial charge in [0, 0.05) is 5.71 Å². The summed E-state index contributed by atoms with van der Waals surface area (Å²) in [6, 6.07) is 2.96. The lowest BCUT2D eigenvalue weighted by Gasteiger charge is -2.37. The number of carbonyl (C=O) groups is 1. The smallest absolute Gasteiger partial charge is 0.439 e. The van der Waals surface area contributed by atoms with E-state index in [4.69, 9.17) is 4.42 Å². The van der Waals surface area contributed by atoms with Crippen molar-refractivity contribution in [2.45, 2.75) is 63.4 Å². The van der Waals surface area contributed by atoms with E-state index in [1.165, 1.54) is 12.5 Å². The molecule has 2 atom stereocenters. The van der Waals surface area contributed by atoms with Gasteiger partial charge in [0.2, 0.25) is 0 Å². The van der Waals surface area contributed by atoms with Gasteiger partial charge in [-0.3, -0.25) is 9.69 Å². The quantitative estimate of drug-likeness (QED) is 0.845. The first-order chi connectivity index (χ1) is 13.3. The number of fused-ring (bicyclic) bond motifs is 1. The third-order valence-electron chi connectivity index (χ3n) is 5.93. The number of rotatable bonds is 3. The van der Waals surface area contributed by atoms with Crippen molar-refractivity contribution >= 4 is 11.6 Å². The number of halogens is 3. The van der Waals surface area contributed by atoms with Crippen LogP contribution in [0.15, 0.2) is 21.7 Å². The predicted molar refractivity (Wildman–Crippen MR) is 94.4 cm³/mol. The highest BCUT2D eigenvalue weighted by atomic mass is 19.4. The summed E-state index contributed by atoms with van der Waals surface area (Å²) in [7, 11) is 0. The van der Waals surface area contributed by atoms with Crippen molar-refractivity contribution in [1.82, 2.24) is 9.91 Å². The Kier molecular flexibility index (Phi) is 4.99. The summed E-state index contributed by atoms with van der Waals surface area (Å²) in [6.07, 6.45) is 0.124. The molecular formula is C19H24F3N3O3. The minimum Gasteiger partial charge on any atom is -0.454 e. The Morgan fingerprint density at radius 2 is 1.96 bits per heavy atom. The zero-order chi connectivity index (χ0) is 19.9. The van der Waals surface area contributed by atoms with Gasteiger partial charge in [0.15, 0.2) is 5.76 Å². The standard InChI is InChI=1S/C19H24F3N3O3/c20-19(21,22)18(27)14-6-2-3-7-15(14)23-25(18)17(26)16-9-8-13(28-16)12-24-10-4-1-5-11-24/h8-9,14,27H,1-7,10-12H2/t14-,18+/m1/s1. The largest absolute Gasteiger partial charge is 0.454 e. The summed E-state index contributed by atoms with van der Waals surface area (Å²) < 4.78 is 46.9. The van der Waals surface area contributed by atoms with Crippen molar-refractivity contribution in [3.05, 3.63) is 23.7 Å². The van der Waals surface area contributed by atoms with E-state index in [0.29, 0.717) is 31.6 Å². The monoisotopic (exact) mass is 399 g/mol. The lowest BCUT2D eigenvalue weighted by molar-refractivity contribution is -0.312. The normalized spacial score (nSPS) is 28.9. The minimum atomic E-state index is -5.01. The Morgan fingerprint density at radius 1 is 1.21 bits per heavy atom. The van der Waals surface area contributed by atoms with E-state index in [-0.39, 0.29) is 22.9 Å². The molecule has 3 aliphatic rings. The van der Waals surface area contributed by atoms with Gasteiger partial charge in [-0.25, -0.2) is 0 Å². The SMILES string of the molecule is O=C(c1ccc(CN2CCCCC2)o1)N1N=C2CCCC[C@H]2[C@]1(O)C(F)(F)F. The van der Waals surface area contributed by atoms with E-state index in [1.807, 2.05) is 0 Å². The van der Waals surface area contributed by atoms with Crippen molar-refractivity contribution in [3.63, 3.8) is 0 Å². The number of piperidine rings is 1. The van der Waals surface area contributed by atoms with Crippen LogP contribution in [0.5, 0.6) is 0 Å². The van der Waals surface area contributed by atoms with Crippen LogP contribution < -0.4 is 0 Å². The van der Waals surface area contributed by atoms with Gasteiger partial charge in [-0.1, -0.05) is 12.8 Å². The summed E-state index contributed by atoms with van der Waals surface area (Å²) in [5.74, 6) is -2.00. The molecule has 9 heteroatoms. The lowest BCUT2D eigenvalue weighted by atomic mass is 9.80. The van der Waals surface area contributed by atoms with Crippen LogP contribution in [-0.2, 0) is 6.54 Å². The molecule has 0 unspecified atom stereocenters. The first-order valence-corrected chi connectivity index (χ1v) is 9.83. The molecular weight excluding hydrogens is 375 g/mol. The molecule has 4 rings (SSSR count). The number of furan rings is 1. The molecule has 0 bridgehead atoms. The highest BCUT2D eigenvalue weighted by Gasteiger charge is 2.68. The second-order valence-corrected chi connectivity index (χ2v) is 7.83. The number of hydrogen-bond donors (Lipinski definition) is 1. The number of alkyl halides is 3. The van der Waals surface area contributed by atoms with Gasteiger partial charge in [-0.15, -0.1) is 0 Å². The molecule has 1 N–H and O–H groups in total. The van der Waals surface area contributed by atoms with Crippen molar-refractivity contribution in [2.24, 2.45) is 11.0 Å². The average molecular weight is 399 g/mol. The highest BCUT2D eigenvalue weighted by molar-refractivity contribution is 5.98. The van der Waals surface area contributed by atoms with E-state index in [9.17, 15) is 23.1 Å². The van der Waals surface area contributed by atoms with Crippen LogP contribution in [-0.4, -0.2) is 51.6 Å². The number of hydrogen-bond acceptors (Lipinski definition) is 5. The van der Waals surface area contributed by atoms with Gasteiger partial charge in [0.25, 0.3) is 5.72 Å². The molecule has 3 heterocycles. The molecule has 2 aliphatic heterocycles. The maximum absolute atomic E-state index is 13.8. The summed E-state index contributed by atoms with van der Waals surface area (Å²) in [5.41, 5.74) is -3.08. The number of nitrogens with zero attached hydrogens (tertiary/aromatic N) is 3. The molecule has 0 spiro atoms. The molecule has 6 nitrogen and oxygen atoms in total. The lowest BCUT2D eigenvalue weighted by Crippen LogP contribution is -2.61. The van der Waals surface area contributed by atoms with Crippen LogP contribution >= 0.6 is 0 Å². The molecule has 1 aliphatic carbocycles. The van der Waals surface area contributed by atoms with Gasteiger partial charge < -0.3 is 9.52 Å². The Morgan fingerprint density at radius 3 is 2.68 bits per heavy atom. The summed E-state index contributed by atoms with van der Waals surface area (Å²) >= 11 is 0. The number of likely N-dealkylation sites (tertiary alicyclic amines) is 1. The summed E-state index contributed by atoms with van der Waals surface area (Å²) in [5, 5.41) is 14.7. The molecule has 1 saturated heterocycles. The molecule has 1 saturated carbocycles. The zero-order valence-electron chi connectivity index (χ0n) is 15.5. The number of hydrazone groups is 1. The second-order valence-electron chi connectivity index (χ2n) is 7.83. The van der Waals surface area contributed by atoms with Crippen LogP contribution in [0, 0.1) is 5.92 Å². The second kappa shape index (κ2) is 7.18. The first-order valence-electron chi connectivity index (χ1n) is 9.83. The molecule has 2 fully saturated rings. The van der Waals surface area contributed by atoms with E-state index < -0.39 is 23.7 Å². The minimum absolute atomic E-state index is 0.150.